The van der Waals surface area contributed by atoms with Gasteiger partial charge in [0.2, 0.25) is 5.91 Å². The number of hydrogen-bond acceptors (Lipinski definition) is 3. The summed E-state index contributed by atoms with van der Waals surface area (Å²) in [5.74, 6) is 0.386. The SMILES string of the molecule is COc1ccc(C(=O)Nc2cccc(NC(=O)C(C)(C)C)c2)cc1. The first-order valence-corrected chi connectivity index (χ1v) is 7.66. The summed E-state index contributed by atoms with van der Waals surface area (Å²) in [6.45, 7) is 5.53. The lowest BCUT2D eigenvalue weighted by atomic mass is 9.95. The Balaban J connectivity index is 2.08. The monoisotopic (exact) mass is 326 g/mol. The van der Waals surface area contributed by atoms with Crippen LogP contribution in [0.25, 0.3) is 0 Å². The molecule has 2 aromatic rings. The molecular formula is C19H22N2O3. The highest BCUT2D eigenvalue weighted by atomic mass is 16.5. The van der Waals surface area contributed by atoms with Crippen molar-refractivity contribution in [3.63, 3.8) is 0 Å². The van der Waals surface area contributed by atoms with Crippen LogP contribution in [-0.4, -0.2) is 18.9 Å². The predicted molar refractivity (Wildman–Crippen MR) is 95.5 cm³/mol. The zero-order valence-electron chi connectivity index (χ0n) is 14.3. The van der Waals surface area contributed by atoms with E-state index >= 15 is 0 Å². The van der Waals surface area contributed by atoms with Gasteiger partial charge in [0.1, 0.15) is 5.75 Å². The molecule has 0 saturated carbocycles. The van der Waals surface area contributed by atoms with Gasteiger partial charge in [-0.3, -0.25) is 9.59 Å². The number of benzene rings is 2. The second-order valence-corrected chi connectivity index (χ2v) is 6.47. The molecule has 2 N–H and O–H groups in total. The fourth-order valence-corrected chi connectivity index (χ4v) is 1.94. The van der Waals surface area contributed by atoms with E-state index in [-0.39, 0.29) is 11.8 Å². The summed E-state index contributed by atoms with van der Waals surface area (Å²) >= 11 is 0. The van der Waals surface area contributed by atoms with Crippen LogP contribution in [0.4, 0.5) is 11.4 Å². The van der Waals surface area contributed by atoms with Gasteiger partial charge in [-0.1, -0.05) is 26.8 Å². The molecule has 0 aromatic heterocycles. The number of rotatable bonds is 4. The molecule has 0 bridgehead atoms. The number of nitrogens with one attached hydrogen (secondary N) is 2. The van der Waals surface area contributed by atoms with Crippen LogP contribution in [0.3, 0.4) is 0 Å². The molecule has 0 spiro atoms. The first-order chi connectivity index (χ1) is 11.3. The van der Waals surface area contributed by atoms with Gasteiger partial charge in [-0.25, -0.2) is 0 Å². The van der Waals surface area contributed by atoms with E-state index in [1.54, 1.807) is 55.6 Å². The number of ether oxygens (including phenoxy) is 1. The molecule has 0 fully saturated rings. The van der Waals surface area contributed by atoms with Crippen molar-refractivity contribution in [1.29, 1.82) is 0 Å². The van der Waals surface area contributed by atoms with Gasteiger partial charge in [-0.2, -0.15) is 0 Å². The van der Waals surface area contributed by atoms with E-state index in [2.05, 4.69) is 10.6 Å². The van der Waals surface area contributed by atoms with Crippen LogP contribution in [0.1, 0.15) is 31.1 Å². The van der Waals surface area contributed by atoms with Gasteiger partial charge < -0.3 is 15.4 Å². The van der Waals surface area contributed by atoms with Crippen LogP contribution < -0.4 is 15.4 Å². The van der Waals surface area contributed by atoms with E-state index in [0.717, 1.165) is 0 Å². The van der Waals surface area contributed by atoms with Crippen molar-refractivity contribution >= 4 is 23.2 Å². The molecule has 0 atom stereocenters. The van der Waals surface area contributed by atoms with Crippen molar-refractivity contribution in [3.05, 3.63) is 54.1 Å². The molecule has 2 rings (SSSR count). The highest BCUT2D eigenvalue weighted by Crippen LogP contribution is 2.20. The molecule has 0 heterocycles. The van der Waals surface area contributed by atoms with Crippen LogP contribution >= 0.6 is 0 Å². The van der Waals surface area contributed by atoms with Crippen molar-refractivity contribution < 1.29 is 14.3 Å². The third kappa shape index (κ3) is 4.59. The van der Waals surface area contributed by atoms with Crippen molar-refractivity contribution in [2.75, 3.05) is 17.7 Å². The zero-order valence-corrected chi connectivity index (χ0v) is 14.3. The summed E-state index contributed by atoms with van der Waals surface area (Å²) in [6.07, 6.45) is 0. The summed E-state index contributed by atoms with van der Waals surface area (Å²) in [4.78, 5) is 24.3. The Bertz CT molecular complexity index is 731. The van der Waals surface area contributed by atoms with Crippen molar-refractivity contribution in [3.8, 4) is 5.75 Å². The predicted octanol–water partition coefficient (Wildman–Crippen LogP) is 3.93. The number of amides is 2. The summed E-state index contributed by atoms with van der Waals surface area (Å²) in [5, 5.41) is 5.66. The van der Waals surface area contributed by atoms with Crippen LogP contribution in [-0.2, 0) is 4.79 Å². The van der Waals surface area contributed by atoms with Gasteiger partial charge in [0.25, 0.3) is 5.91 Å². The summed E-state index contributed by atoms with van der Waals surface area (Å²) < 4.78 is 5.08. The minimum Gasteiger partial charge on any atom is -0.497 e. The molecule has 2 aromatic carbocycles. The van der Waals surface area contributed by atoms with E-state index in [4.69, 9.17) is 4.74 Å². The summed E-state index contributed by atoms with van der Waals surface area (Å²) in [7, 11) is 1.58. The molecule has 2 amide bonds. The standard InChI is InChI=1S/C19H22N2O3/c1-19(2,3)18(23)21-15-7-5-6-14(12-15)20-17(22)13-8-10-16(24-4)11-9-13/h5-12H,1-4H3,(H,20,22)(H,21,23). The van der Waals surface area contributed by atoms with Gasteiger partial charge in [0, 0.05) is 22.4 Å². The number of carbonyl (C=O) groups excluding carboxylic acids is 2. The maximum Gasteiger partial charge on any atom is 0.255 e. The number of methoxy groups -OCH3 is 1. The molecule has 0 radical (unpaired) electrons. The first kappa shape index (κ1) is 17.5. The lowest BCUT2D eigenvalue weighted by molar-refractivity contribution is -0.123. The maximum atomic E-state index is 12.3. The molecule has 0 aliphatic rings. The quantitative estimate of drug-likeness (QED) is 0.894. The smallest absolute Gasteiger partial charge is 0.255 e. The Morgan fingerprint density at radius 1 is 0.917 bits per heavy atom. The molecule has 0 unspecified atom stereocenters. The average molecular weight is 326 g/mol. The molecule has 0 aliphatic carbocycles. The summed E-state index contributed by atoms with van der Waals surface area (Å²) in [5.41, 5.74) is 1.30. The first-order valence-electron chi connectivity index (χ1n) is 7.66. The Kier molecular flexibility index (Phi) is 5.24. The molecule has 0 aliphatic heterocycles. The van der Waals surface area contributed by atoms with E-state index in [1.807, 2.05) is 20.8 Å². The van der Waals surface area contributed by atoms with Gasteiger partial charge in [0.15, 0.2) is 0 Å². The Labute approximate surface area is 142 Å². The van der Waals surface area contributed by atoms with Gasteiger partial charge in [-0.05, 0) is 42.5 Å². The third-order valence-corrected chi connectivity index (χ3v) is 3.41. The zero-order chi connectivity index (χ0) is 17.7. The molecule has 5 nitrogen and oxygen atoms in total. The van der Waals surface area contributed by atoms with Crippen molar-refractivity contribution in [1.82, 2.24) is 0 Å². The van der Waals surface area contributed by atoms with Crippen LogP contribution in [0.2, 0.25) is 0 Å². The van der Waals surface area contributed by atoms with Crippen LogP contribution in [0.5, 0.6) is 5.75 Å². The van der Waals surface area contributed by atoms with Gasteiger partial charge >= 0.3 is 0 Å². The van der Waals surface area contributed by atoms with E-state index in [0.29, 0.717) is 22.7 Å². The van der Waals surface area contributed by atoms with Crippen LogP contribution in [0, 0.1) is 5.41 Å². The minimum absolute atomic E-state index is 0.0823. The molecule has 5 heteroatoms. The largest absolute Gasteiger partial charge is 0.497 e. The summed E-state index contributed by atoms with van der Waals surface area (Å²) in [6, 6.07) is 13.9. The molecule has 126 valence electrons. The number of carbonyl (C=O) groups is 2. The highest BCUT2D eigenvalue weighted by molar-refractivity contribution is 6.04. The number of anilines is 2. The van der Waals surface area contributed by atoms with E-state index < -0.39 is 5.41 Å². The highest BCUT2D eigenvalue weighted by Gasteiger charge is 2.21. The molecular weight excluding hydrogens is 304 g/mol. The molecule has 24 heavy (non-hydrogen) atoms. The Morgan fingerprint density at radius 3 is 2.04 bits per heavy atom. The minimum atomic E-state index is -0.484. The fraction of sp³-hybridized carbons (Fsp3) is 0.263. The Morgan fingerprint density at radius 2 is 1.50 bits per heavy atom. The lowest BCUT2D eigenvalue weighted by Crippen LogP contribution is -2.27. The topological polar surface area (TPSA) is 67.4 Å². The average Bonchev–Trinajstić information content (AvgIpc) is 2.54. The second kappa shape index (κ2) is 7.17. The normalized spacial score (nSPS) is 10.8. The van der Waals surface area contributed by atoms with Gasteiger partial charge in [-0.15, -0.1) is 0 Å². The van der Waals surface area contributed by atoms with Crippen LogP contribution in [0.15, 0.2) is 48.5 Å². The van der Waals surface area contributed by atoms with Crippen molar-refractivity contribution in [2.45, 2.75) is 20.8 Å². The lowest BCUT2D eigenvalue weighted by Gasteiger charge is -2.18. The van der Waals surface area contributed by atoms with Gasteiger partial charge in [0.05, 0.1) is 7.11 Å². The second-order valence-electron chi connectivity index (χ2n) is 6.47. The van der Waals surface area contributed by atoms with E-state index in [1.165, 1.54) is 0 Å². The maximum absolute atomic E-state index is 12.3. The van der Waals surface area contributed by atoms with E-state index in [9.17, 15) is 9.59 Å². The number of hydrogen-bond donors (Lipinski definition) is 2. The fourth-order valence-electron chi connectivity index (χ4n) is 1.94. The van der Waals surface area contributed by atoms with Crippen molar-refractivity contribution in [2.24, 2.45) is 5.41 Å². The molecule has 0 saturated heterocycles. The Hall–Kier alpha value is -2.82. The third-order valence-electron chi connectivity index (χ3n) is 3.41.